The van der Waals surface area contributed by atoms with Gasteiger partial charge >= 0.3 is 0 Å². The lowest BCUT2D eigenvalue weighted by molar-refractivity contribution is 0.0331. The summed E-state index contributed by atoms with van der Waals surface area (Å²) in [7, 11) is 2.28. The van der Waals surface area contributed by atoms with Crippen molar-refractivity contribution in [1.82, 2.24) is 14.9 Å². The molecule has 5 rings (SSSR count). The Kier molecular flexibility index (Phi) is 5.76. The predicted molar refractivity (Wildman–Crippen MR) is 120 cm³/mol. The van der Waals surface area contributed by atoms with Crippen molar-refractivity contribution in [3.05, 3.63) is 16.3 Å². The standard InChI is InChI=1S/C23H34N4OS/c1-16-8-9-18-19(14-16)29-23-21(18)22(26(2)17-6-4-3-5-7-17)24-20(25-23)15-27-10-12-28-13-11-27/h16-17H,3-15H2,1-2H3/t16-/m1/s1. The smallest absolute Gasteiger partial charge is 0.146 e. The Morgan fingerprint density at radius 1 is 1.10 bits per heavy atom. The monoisotopic (exact) mass is 414 g/mol. The van der Waals surface area contributed by atoms with E-state index in [9.17, 15) is 0 Å². The maximum absolute atomic E-state index is 5.53. The van der Waals surface area contributed by atoms with Crippen LogP contribution in [0.5, 0.6) is 0 Å². The van der Waals surface area contributed by atoms with Crippen molar-refractivity contribution in [3.63, 3.8) is 0 Å². The molecule has 1 aliphatic heterocycles. The minimum absolute atomic E-state index is 0.621. The summed E-state index contributed by atoms with van der Waals surface area (Å²) in [5.41, 5.74) is 1.55. The lowest BCUT2D eigenvalue weighted by atomic mass is 9.89. The number of thiophene rings is 1. The molecular formula is C23H34N4OS. The third-order valence-electron chi connectivity index (χ3n) is 7.11. The summed E-state index contributed by atoms with van der Waals surface area (Å²) in [4.78, 5) is 18.0. The first kappa shape index (κ1) is 19.7. The van der Waals surface area contributed by atoms with Crippen molar-refractivity contribution in [2.75, 3.05) is 38.3 Å². The molecule has 0 spiro atoms. The topological polar surface area (TPSA) is 41.5 Å². The fraction of sp³-hybridized carbons (Fsp3) is 0.739. The molecule has 6 heteroatoms. The molecule has 29 heavy (non-hydrogen) atoms. The quantitative estimate of drug-likeness (QED) is 0.741. The molecular weight excluding hydrogens is 380 g/mol. The van der Waals surface area contributed by atoms with Crippen molar-refractivity contribution in [3.8, 4) is 0 Å². The molecule has 0 unspecified atom stereocenters. The normalized spacial score (nSPS) is 24.0. The molecule has 158 valence electrons. The number of fused-ring (bicyclic) bond motifs is 3. The fourth-order valence-corrected chi connectivity index (χ4v) is 6.69. The number of anilines is 1. The largest absolute Gasteiger partial charge is 0.379 e. The minimum Gasteiger partial charge on any atom is -0.379 e. The van der Waals surface area contributed by atoms with E-state index in [1.165, 1.54) is 67.4 Å². The number of ether oxygens (including phenoxy) is 1. The Morgan fingerprint density at radius 2 is 1.90 bits per heavy atom. The molecule has 1 saturated heterocycles. The van der Waals surface area contributed by atoms with Crippen LogP contribution in [-0.4, -0.2) is 54.3 Å². The van der Waals surface area contributed by atoms with Gasteiger partial charge in [0.15, 0.2) is 0 Å². The first-order valence-corrected chi connectivity index (χ1v) is 12.3. The highest BCUT2D eigenvalue weighted by molar-refractivity contribution is 7.19. The number of aryl methyl sites for hydroxylation is 1. The van der Waals surface area contributed by atoms with Gasteiger partial charge in [-0.1, -0.05) is 26.2 Å². The van der Waals surface area contributed by atoms with Gasteiger partial charge in [0, 0.05) is 31.1 Å². The Morgan fingerprint density at radius 3 is 2.69 bits per heavy atom. The van der Waals surface area contributed by atoms with Crippen LogP contribution >= 0.6 is 11.3 Å². The zero-order valence-electron chi connectivity index (χ0n) is 18.0. The van der Waals surface area contributed by atoms with Gasteiger partial charge in [-0.15, -0.1) is 11.3 Å². The Hall–Kier alpha value is -1.24. The third-order valence-corrected chi connectivity index (χ3v) is 8.26. The Labute approximate surface area is 178 Å². The summed E-state index contributed by atoms with van der Waals surface area (Å²) >= 11 is 1.94. The van der Waals surface area contributed by atoms with E-state index in [1.807, 2.05) is 11.3 Å². The van der Waals surface area contributed by atoms with E-state index in [4.69, 9.17) is 14.7 Å². The lowest BCUT2D eigenvalue weighted by Crippen LogP contribution is -2.37. The molecule has 2 aromatic heterocycles. The second-order valence-electron chi connectivity index (χ2n) is 9.29. The second kappa shape index (κ2) is 8.48. The predicted octanol–water partition coefficient (Wildman–Crippen LogP) is 4.42. The van der Waals surface area contributed by atoms with E-state index in [1.54, 1.807) is 10.4 Å². The number of aromatic nitrogens is 2. The number of nitrogens with zero attached hydrogens (tertiary/aromatic N) is 4. The minimum atomic E-state index is 0.621. The molecule has 2 aromatic rings. The van der Waals surface area contributed by atoms with Gasteiger partial charge in [-0.05, 0) is 43.6 Å². The van der Waals surface area contributed by atoms with Crippen LogP contribution in [0, 0.1) is 5.92 Å². The zero-order valence-corrected chi connectivity index (χ0v) is 18.8. The highest BCUT2D eigenvalue weighted by Gasteiger charge is 2.28. The average Bonchev–Trinajstić information content (AvgIpc) is 3.11. The molecule has 1 atom stereocenters. The first-order chi connectivity index (χ1) is 14.2. The van der Waals surface area contributed by atoms with E-state index in [0.29, 0.717) is 6.04 Å². The van der Waals surface area contributed by atoms with Gasteiger partial charge < -0.3 is 9.64 Å². The molecule has 0 N–H and O–H groups in total. The molecule has 5 nitrogen and oxygen atoms in total. The van der Waals surface area contributed by atoms with E-state index in [-0.39, 0.29) is 0 Å². The summed E-state index contributed by atoms with van der Waals surface area (Å²) in [6.07, 6.45) is 10.4. The van der Waals surface area contributed by atoms with Crippen LogP contribution in [0.4, 0.5) is 5.82 Å². The van der Waals surface area contributed by atoms with Gasteiger partial charge in [0.25, 0.3) is 0 Å². The van der Waals surface area contributed by atoms with Crippen molar-refractivity contribution >= 4 is 27.4 Å². The molecule has 0 aromatic carbocycles. The molecule has 1 saturated carbocycles. The summed E-state index contributed by atoms with van der Waals surface area (Å²) in [6, 6.07) is 0.621. The summed E-state index contributed by atoms with van der Waals surface area (Å²) < 4.78 is 5.53. The lowest BCUT2D eigenvalue weighted by Gasteiger charge is -2.33. The number of hydrogen-bond acceptors (Lipinski definition) is 6. The van der Waals surface area contributed by atoms with Gasteiger partial charge in [0.05, 0.1) is 25.1 Å². The molecule has 0 amide bonds. The molecule has 2 fully saturated rings. The number of morpholine rings is 1. The van der Waals surface area contributed by atoms with Crippen molar-refractivity contribution in [2.45, 2.75) is 70.9 Å². The highest BCUT2D eigenvalue weighted by Crippen LogP contribution is 2.42. The fourth-order valence-electron chi connectivity index (χ4n) is 5.29. The summed E-state index contributed by atoms with van der Waals surface area (Å²) in [5, 5.41) is 1.37. The maximum atomic E-state index is 5.53. The second-order valence-corrected chi connectivity index (χ2v) is 10.4. The van der Waals surface area contributed by atoms with Crippen LogP contribution in [0.25, 0.3) is 10.2 Å². The highest BCUT2D eigenvalue weighted by atomic mass is 32.1. The van der Waals surface area contributed by atoms with Gasteiger partial charge in [-0.2, -0.15) is 0 Å². The third kappa shape index (κ3) is 4.04. The zero-order chi connectivity index (χ0) is 19.8. The average molecular weight is 415 g/mol. The van der Waals surface area contributed by atoms with Crippen LogP contribution < -0.4 is 4.90 Å². The SMILES string of the molecule is C[C@@H]1CCc2c(sc3nc(CN4CCOCC4)nc(N(C)C4CCCCC4)c23)C1. The van der Waals surface area contributed by atoms with Crippen LogP contribution in [0.3, 0.4) is 0 Å². The van der Waals surface area contributed by atoms with Crippen LogP contribution in [-0.2, 0) is 24.1 Å². The van der Waals surface area contributed by atoms with Gasteiger partial charge in [0.2, 0.25) is 0 Å². The van der Waals surface area contributed by atoms with Gasteiger partial charge in [0.1, 0.15) is 16.5 Å². The van der Waals surface area contributed by atoms with Crippen molar-refractivity contribution in [1.29, 1.82) is 0 Å². The van der Waals surface area contributed by atoms with Gasteiger partial charge in [-0.3, -0.25) is 4.90 Å². The van der Waals surface area contributed by atoms with Crippen LogP contribution in [0.15, 0.2) is 0 Å². The van der Waals surface area contributed by atoms with Crippen molar-refractivity contribution < 1.29 is 4.74 Å². The first-order valence-electron chi connectivity index (χ1n) is 11.5. The van der Waals surface area contributed by atoms with E-state index in [0.717, 1.165) is 44.6 Å². The van der Waals surface area contributed by atoms with E-state index in [2.05, 4.69) is 23.8 Å². The molecule has 3 aliphatic rings. The van der Waals surface area contributed by atoms with Crippen LogP contribution in [0.2, 0.25) is 0 Å². The van der Waals surface area contributed by atoms with Gasteiger partial charge in [-0.25, -0.2) is 9.97 Å². The number of hydrogen-bond donors (Lipinski definition) is 0. The number of rotatable bonds is 4. The maximum Gasteiger partial charge on any atom is 0.146 e. The Balaban J connectivity index is 1.55. The molecule has 2 aliphatic carbocycles. The van der Waals surface area contributed by atoms with Crippen LogP contribution in [0.1, 0.15) is 61.7 Å². The molecule has 3 heterocycles. The summed E-state index contributed by atoms with van der Waals surface area (Å²) in [5.74, 6) is 2.98. The van der Waals surface area contributed by atoms with E-state index < -0.39 is 0 Å². The molecule has 0 bridgehead atoms. The summed E-state index contributed by atoms with van der Waals surface area (Å²) in [6.45, 7) is 6.83. The van der Waals surface area contributed by atoms with Crippen molar-refractivity contribution in [2.24, 2.45) is 5.92 Å². The Bertz CT molecular complexity index is 854. The molecule has 0 radical (unpaired) electrons. The van der Waals surface area contributed by atoms with E-state index >= 15 is 0 Å².